The fourth-order valence-electron chi connectivity index (χ4n) is 3.65. The van der Waals surface area contributed by atoms with Gasteiger partial charge in [-0.15, -0.1) is 0 Å². The van der Waals surface area contributed by atoms with E-state index in [9.17, 15) is 4.39 Å². The van der Waals surface area contributed by atoms with Crippen molar-refractivity contribution < 1.29 is 4.39 Å². The number of para-hydroxylation sites is 3. The Morgan fingerprint density at radius 2 is 1.33 bits per heavy atom. The molecule has 0 radical (unpaired) electrons. The van der Waals surface area contributed by atoms with Crippen LogP contribution in [-0.2, 0) is 0 Å². The van der Waals surface area contributed by atoms with Crippen LogP contribution in [0.4, 0.5) is 15.8 Å². The maximum Gasteiger partial charge on any atom is 0.123 e. The van der Waals surface area contributed by atoms with E-state index in [0.717, 1.165) is 28.1 Å². The van der Waals surface area contributed by atoms with E-state index in [1.807, 2.05) is 18.2 Å². The maximum absolute atomic E-state index is 13.3. The normalized spacial score (nSPS) is 11.1. The fraction of sp³-hybridized carbons (Fsp3) is 0. The van der Waals surface area contributed by atoms with Crippen molar-refractivity contribution in [2.24, 2.45) is 0 Å². The summed E-state index contributed by atoms with van der Waals surface area (Å²) in [5, 5.41) is 5.85. The van der Waals surface area contributed by atoms with E-state index in [1.165, 1.54) is 22.9 Å². The van der Waals surface area contributed by atoms with Crippen molar-refractivity contribution >= 4 is 33.2 Å². The molecule has 5 aromatic rings. The van der Waals surface area contributed by atoms with Crippen LogP contribution < -0.4 is 5.32 Å². The molecule has 0 saturated heterocycles. The minimum absolute atomic E-state index is 0.239. The lowest BCUT2D eigenvalue weighted by molar-refractivity contribution is 0.628. The van der Waals surface area contributed by atoms with Crippen molar-refractivity contribution in [3.63, 3.8) is 0 Å². The topological polar surface area (TPSA) is 17.0 Å². The van der Waals surface area contributed by atoms with Crippen LogP contribution in [0, 0.1) is 5.82 Å². The molecule has 27 heavy (non-hydrogen) atoms. The Kier molecular flexibility index (Phi) is 3.65. The fourth-order valence-corrected chi connectivity index (χ4v) is 3.65. The van der Waals surface area contributed by atoms with Crippen molar-refractivity contribution in [2.45, 2.75) is 0 Å². The van der Waals surface area contributed by atoms with Gasteiger partial charge in [0, 0.05) is 22.1 Å². The van der Waals surface area contributed by atoms with Gasteiger partial charge in [-0.3, -0.25) is 0 Å². The van der Waals surface area contributed by atoms with Gasteiger partial charge >= 0.3 is 0 Å². The number of nitrogens with zero attached hydrogens (tertiary/aromatic N) is 1. The zero-order valence-corrected chi connectivity index (χ0v) is 14.6. The monoisotopic (exact) mass is 352 g/mol. The molecule has 130 valence electrons. The van der Waals surface area contributed by atoms with Gasteiger partial charge in [-0.1, -0.05) is 48.5 Å². The van der Waals surface area contributed by atoms with Crippen molar-refractivity contribution in [1.82, 2.24) is 4.57 Å². The Balaban J connectivity index is 1.81. The first-order valence-corrected chi connectivity index (χ1v) is 8.91. The summed E-state index contributed by atoms with van der Waals surface area (Å²) in [7, 11) is 0. The van der Waals surface area contributed by atoms with Crippen molar-refractivity contribution in [3.8, 4) is 5.69 Å². The van der Waals surface area contributed by atoms with Gasteiger partial charge in [0.25, 0.3) is 0 Å². The lowest BCUT2D eigenvalue weighted by Crippen LogP contribution is -1.98. The summed E-state index contributed by atoms with van der Waals surface area (Å²) in [6.07, 6.45) is 0. The van der Waals surface area contributed by atoms with Gasteiger partial charge in [0.1, 0.15) is 5.82 Å². The number of nitrogens with one attached hydrogen (secondary N) is 1. The second kappa shape index (κ2) is 6.29. The highest BCUT2D eigenvalue weighted by Crippen LogP contribution is 2.37. The summed E-state index contributed by atoms with van der Waals surface area (Å²) in [4.78, 5) is 0. The van der Waals surface area contributed by atoms with Gasteiger partial charge in [-0.05, 0) is 48.5 Å². The minimum Gasteiger partial charge on any atom is -0.354 e. The second-order valence-electron chi connectivity index (χ2n) is 6.52. The van der Waals surface area contributed by atoms with E-state index in [4.69, 9.17) is 0 Å². The lowest BCUT2D eigenvalue weighted by Gasteiger charge is -2.13. The number of hydrogen-bond donors (Lipinski definition) is 1. The molecule has 3 heteroatoms. The van der Waals surface area contributed by atoms with Crippen LogP contribution in [-0.4, -0.2) is 4.57 Å². The molecule has 2 nitrogen and oxygen atoms in total. The third-order valence-electron chi connectivity index (χ3n) is 4.83. The summed E-state index contributed by atoms with van der Waals surface area (Å²) >= 11 is 0. The number of aromatic nitrogens is 1. The first kappa shape index (κ1) is 15.6. The summed E-state index contributed by atoms with van der Waals surface area (Å²) in [5.74, 6) is -0.239. The van der Waals surface area contributed by atoms with E-state index >= 15 is 0 Å². The number of benzene rings is 4. The Morgan fingerprint density at radius 1 is 0.630 bits per heavy atom. The number of fused-ring (bicyclic) bond motifs is 3. The highest BCUT2D eigenvalue weighted by Gasteiger charge is 2.15. The molecule has 0 fully saturated rings. The molecular weight excluding hydrogens is 335 g/mol. The van der Waals surface area contributed by atoms with E-state index in [1.54, 1.807) is 12.1 Å². The van der Waals surface area contributed by atoms with Crippen molar-refractivity contribution in [1.29, 1.82) is 0 Å². The van der Waals surface area contributed by atoms with Crippen molar-refractivity contribution in [3.05, 3.63) is 103 Å². The molecular formula is C24H17FN2. The van der Waals surface area contributed by atoms with E-state index in [-0.39, 0.29) is 5.82 Å². The number of halogens is 1. The summed E-state index contributed by atoms with van der Waals surface area (Å²) < 4.78 is 15.5. The molecule has 0 bridgehead atoms. The highest BCUT2D eigenvalue weighted by molar-refractivity contribution is 6.13. The molecule has 0 saturated carbocycles. The molecule has 0 amide bonds. The Morgan fingerprint density at radius 3 is 2.15 bits per heavy atom. The van der Waals surface area contributed by atoms with Crippen LogP contribution in [0.15, 0.2) is 97.1 Å². The maximum atomic E-state index is 13.3. The zero-order chi connectivity index (χ0) is 18.2. The Hall–Kier alpha value is -3.59. The van der Waals surface area contributed by atoms with E-state index < -0.39 is 0 Å². The van der Waals surface area contributed by atoms with Crippen LogP contribution in [0.25, 0.3) is 27.5 Å². The zero-order valence-electron chi connectivity index (χ0n) is 14.6. The molecule has 1 N–H and O–H groups in total. The standard InChI is InChI=1S/C24H17FN2/c25-17-13-15-18(16-14-17)26-22-11-6-10-21-20-9-4-5-12-23(20)27(24(21)22)19-7-2-1-3-8-19/h1-16,26H. The van der Waals surface area contributed by atoms with Crippen molar-refractivity contribution in [2.75, 3.05) is 5.32 Å². The summed E-state index contributed by atoms with van der Waals surface area (Å²) in [6.45, 7) is 0. The largest absolute Gasteiger partial charge is 0.354 e. The first-order valence-electron chi connectivity index (χ1n) is 8.91. The molecule has 0 aliphatic carbocycles. The van der Waals surface area contributed by atoms with Gasteiger partial charge in [0.15, 0.2) is 0 Å². The third-order valence-corrected chi connectivity index (χ3v) is 4.83. The molecule has 5 rings (SSSR count). The highest BCUT2D eigenvalue weighted by atomic mass is 19.1. The predicted molar refractivity (Wildman–Crippen MR) is 110 cm³/mol. The molecule has 0 atom stereocenters. The summed E-state index contributed by atoms with van der Waals surface area (Å²) in [5.41, 5.74) is 5.21. The Bertz CT molecular complexity index is 1240. The van der Waals surface area contributed by atoms with Crippen LogP contribution in [0.3, 0.4) is 0 Å². The first-order chi connectivity index (χ1) is 13.3. The molecule has 1 heterocycles. The average Bonchev–Trinajstić information content (AvgIpc) is 3.06. The SMILES string of the molecule is Fc1ccc(Nc2cccc3c4ccccc4n(-c4ccccc4)c23)cc1. The predicted octanol–water partition coefficient (Wildman–Crippen LogP) is 6.67. The smallest absolute Gasteiger partial charge is 0.123 e. The number of anilines is 2. The molecule has 1 aromatic heterocycles. The van der Waals surface area contributed by atoms with Crippen LogP contribution in [0.1, 0.15) is 0 Å². The molecule has 0 aliphatic heterocycles. The Labute approximate surface area is 156 Å². The van der Waals surface area contributed by atoms with E-state index in [2.05, 4.69) is 64.5 Å². The van der Waals surface area contributed by atoms with Crippen LogP contribution in [0.5, 0.6) is 0 Å². The molecule has 0 aliphatic rings. The third kappa shape index (κ3) is 2.64. The minimum atomic E-state index is -0.239. The molecule has 4 aromatic carbocycles. The lowest BCUT2D eigenvalue weighted by atomic mass is 10.1. The van der Waals surface area contributed by atoms with Crippen LogP contribution in [0.2, 0.25) is 0 Å². The van der Waals surface area contributed by atoms with Gasteiger partial charge in [0.05, 0.1) is 16.7 Å². The number of rotatable bonds is 3. The average molecular weight is 352 g/mol. The van der Waals surface area contributed by atoms with Crippen LogP contribution >= 0.6 is 0 Å². The van der Waals surface area contributed by atoms with Gasteiger partial charge < -0.3 is 9.88 Å². The van der Waals surface area contributed by atoms with Gasteiger partial charge in [-0.2, -0.15) is 0 Å². The summed E-state index contributed by atoms with van der Waals surface area (Å²) in [6, 6.07) is 31.5. The molecule has 0 spiro atoms. The number of hydrogen-bond acceptors (Lipinski definition) is 1. The van der Waals surface area contributed by atoms with Gasteiger partial charge in [-0.25, -0.2) is 4.39 Å². The van der Waals surface area contributed by atoms with Gasteiger partial charge in [0.2, 0.25) is 0 Å². The van der Waals surface area contributed by atoms with E-state index in [0.29, 0.717) is 0 Å². The second-order valence-corrected chi connectivity index (χ2v) is 6.52. The molecule has 0 unspecified atom stereocenters. The quantitative estimate of drug-likeness (QED) is 0.384.